The maximum Gasteiger partial charge on any atom is 0.275 e. The van der Waals surface area contributed by atoms with Crippen molar-refractivity contribution in [2.45, 2.75) is 18.4 Å². The smallest absolute Gasteiger partial charge is 0.275 e. The molecule has 0 radical (unpaired) electrons. The molecule has 6 heteroatoms. The van der Waals surface area contributed by atoms with Crippen LogP contribution < -0.4 is 15.0 Å². The molecule has 0 saturated carbocycles. The van der Waals surface area contributed by atoms with Gasteiger partial charge in [-0.15, -0.1) is 0 Å². The van der Waals surface area contributed by atoms with E-state index in [1.807, 2.05) is 14.1 Å². The van der Waals surface area contributed by atoms with E-state index in [2.05, 4.69) is 46.6 Å². The fourth-order valence-electron chi connectivity index (χ4n) is 4.30. The molecule has 2 aliphatic rings. The number of fused-ring (bicyclic) bond motifs is 3. The monoisotopic (exact) mass is 365 g/mol. The molecule has 1 N–H and O–H groups in total. The highest BCUT2D eigenvalue weighted by Gasteiger charge is 2.42. The van der Waals surface area contributed by atoms with Gasteiger partial charge in [-0.1, -0.05) is 24.3 Å². The molecule has 3 atom stereocenters. The van der Waals surface area contributed by atoms with Gasteiger partial charge in [-0.3, -0.25) is 10.1 Å². The molecule has 3 unspecified atom stereocenters. The minimum Gasteiger partial charge on any atom is -0.495 e. The number of hydrogen-bond donors (Lipinski definition) is 1. The molecule has 140 valence electrons. The summed E-state index contributed by atoms with van der Waals surface area (Å²) < 4.78 is 5.51. The Hall–Kier alpha value is -3.02. The molecule has 6 nitrogen and oxygen atoms in total. The van der Waals surface area contributed by atoms with E-state index in [1.165, 1.54) is 5.56 Å². The van der Waals surface area contributed by atoms with Crippen molar-refractivity contribution in [2.75, 3.05) is 31.4 Å². The molecule has 2 aromatic carbocycles. The average molecular weight is 365 g/mol. The largest absolute Gasteiger partial charge is 0.495 e. The maximum absolute atomic E-state index is 11.6. The molecular weight excluding hydrogens is 342 g/mol. The molecule has 1 heterocycles. The number of rotatable bonds is 4. The quantitative estimate of drug-likeness (QED) is 0.491. The lowest BCUT2D eigenvalue weighted by Gasteiger charge is -2.37. The normalized spacial score (nSPS) is 22.6. The summed E-state index contributed by atoms with van der Waals surface area (Å²) in [5, 5.41) is 15.2. The van der Waals surface area contributed by atoms with Crippen LogP contribution in [0.2, 0.25) is 0 Å². The van der Waals surface area contributed by atoms with Crippen molar-refractivity contribution in [1.29, 1.82) is 0 Å². The number of benzene rings is 2. The minimum atomic E-state index is -0.296. The van der Waals surface area contributed by atoms with Gasteiger partial charge in [0.1, 0.15) is 5.75 Å². The SMILES string of the molecule is COc1ccc([N+](=O)[O-])c2c1NC(c1ccc(N(C)C)cc1)C1CC=CC21. The second-order valence-electron chi connectivity index (χ2n) is 7.29. The predicted molar refractivity (Wildman–Crippen MR) is 107 cm³/mol. The lowest BCUT2D eigenvalue weighted by Crippen LogP contribution is -2.30. The van der Waals surface area contributed by atoms with Crippen molar-refractivity contribution in [3.8, 4) is 5.75 Å². The van der Waals surface area contributed by atoms with Crippen LogP contribution in [-0.2, 0) is 0 Å². The summed E-state index contributed by atoms with van der Waals surface area (Å²) >= 11 is 0. The van der Waals surface area contributed by atoms with Gasteiger partial charge in [0, 0.05) is 31.8 Å². The highest BCUT2D eigenvalue weighted by atomic mass is 16.6. The molecule has 1 aliphatic heterocycles. The number of allylic oxidation sites excluding steroid dienone is 2. The summed E-state index contributed by atoms with van der Waals surface area (Å²) in [7, 11) is 5.64. The molecule has 1 aliphatic carbocycles. The predicted octanol–water partition coefficient (Wildman–Crippen LogP) is 4.50. The number of nitro groups is 1. The van der Waals surface area contributed by atoms with E-state index < -0.39 is 0 Å². The van der Waals surface area contributed by atoms with Crippen LogP contribution in [0.15, 0.2) is 48.6 Å². The highest BCUT2D eigenvalue weighted by molar-refractivity contribution is 5.73. The zero-order chi connectivity index (χ0) is 19.1. The van der Waals surface area contributed by atoms with Gasteiger partial charge < -0.3 is 15.0 Å². The Morgan fingerprint density at radius 2 is 1.93 bits per heavy atom. The van der Waals surface area contributed by atoms with Crippen molar-refractivity contribution >= 4 is 17.1 Å². The fraction of sp³-hybridized carbons (Fsp3) is 0.333. The lowest BCUT2D eigenvalue weighted by molar-refractivity contribution is -0.385. The number of hydrogen-bond acceptors (Lipinski definition) is 5. The summed E-state index contributed by atoms with van der Waals surface area (Å²) in [6.45, 7) is 0. The third kappa shape index (κ3) is 2.81. The van der Waals surface area contributed by atoms with E-state index in [0.29, 0.717) is 5.75 Å². The molecule has 4 rings (SSSR count). The molecule has 0 bridgehead atoms. The summed E-state index contributed by atoms with van der Waals surface area (Å²) in [4.78, 5) is 13.4. The summed E-state index contributed by atoms with van der Waals surface area (Å²) in [6.07, 6.45) is 5.14. The third-order valence-corrected chi connectivity index (χ3v) is 5.64. The van der Waals surface area contributed by atoms with Crippen LogP contribution in [0, 0.1) is 16.0 Å². The van der Waals surface area contributed by atoms with Crippen molar-refractivity contribution in [2.24, 2.45) is 5.92 Å². The number of nitrogens with zero attached hydrogens (tertiary/aromatic N) is 2. The Kier molecular flexibility index (Phi) is 4.26. The van der Waals surface area contributed by atoms with Gasteiger partial charge in [0.25, 0.3) is 5.69 Å². The van der Waals surface area contributed by atoms with Gasteiger partial charge in [-0.05, 0) is 36.1 Å². The molecule has 0 spiro atoms. The van der Waals surface area contributed by atoms with Crippen LogP contribution in [0.3, 0.4) is 0 Å². The van der Waals surface area contributed by atoms with Gasteiger partial charge >= 0.3 is 0 Å². The topological polar surface area (TPSA) is 67.6 Å². The van der Waals surface area contributed by atoms with Gasteiger partial charge in [0.2, 0.25) is 0 Å². The first-order chi connectivity index (χ1) is 13.0. The summed E-state index contributed by atoms with van der Waals surface area (Å²) in [6, 6.07) is 11.8. The molecule has 0 aromatic heterocycles. The van der Waals surface area contributed by atoms with Crippen LogP contribution >= 0.6 is 0 Å². The first-order valence-electron chi connectivity index (χ1n) is 9.07. The maximum atomic E-state index is 11.6. The average Bonchev–Trinajstić information content (AvgIpc) is 3.16. The zero-order valence-electron chi connectivity index (χ0n) is 15.7. The Balaban J connectivity index is 1.81. The number of anilines is 2. The summed E-state index contributed by atoms with van der Waals surface area (Å²) in [5.74, 6) is 0.896. The number of nitro benzene ring substituents is 1. The van der Waals surface area contributed by atoms with Gasteiger partial charge in [0.15, 0.2) is 0 Å². The Labute approximate surface area is 158 Å². The van der Waals surface area contributed by atoms with Crippen LogP contribution in [0.5, 0.6) is 5.75 Å². The molecule has 0 fully saturated rings. The van der Waals surface area contributed by atoms with Crippen molar-refractivity contribution in [1.82, 2.24) is 0 Å². The van der Waals surface area contributed by atoms with Crippen LogP contribution in [0.1, 0.15) is 29.5 Å². The Morgan fingerprint density at radius 3 is 2.56 bits per heavy atom. The fourth-order valence-corrected chi connectivity index (χ4v) is 4.30. The van der Waals surface area contributed by atoms with Gasteiger partial charge in [0.05, 0.1) is 29.3 Å². The standard InChI is InChI=1S/C21H23N3O3/c1-23(2)14-9-7-13(8-10-14)20-16-6-4-5-15(16)19-17(24(25)26)11-12-18(27-3)21(19)22-20/h4-5,7-12,15-16,20,22H,6H2,1-3H3. The first-order valence-corrected chi connectivity index (χ1v) is 9.07. The van der Waals surface area contributed by atoms with E-state index >= 15 is 0 Å². The van der Waals surface area contributed by atoms with Gasteiger partial charge in [-0.25, -0.2) is 0 Å². The number of ether oxygens (including phenoxy) is 1. The van der Waals surface area contributed by atoms with E-state index in [9.17, 15) is 10.1 Å². The van der Waals surface area contributed by atoms with Gasteiger partial charge in [-0.2, -0.15) is 0 Å². The van der Waals surface area contributed by atoms with Crippen LogP contribution in [-0.4, -0.2) is 26.1 Å². The van der Waals surface area contributed by atoms with E-state index in [4.69, 9.17) is 4.74 Å². The number of methoxy groups -OCH3 is 1. The lowest BCUT2D eigenvalue weighted by atomic mass is 9.76. The van der Waals surface area contributed by atoms with E-state index in [1.54, 1.807) is 19.2 Å². The second-order valence-corrected chi connectivity index (χ2v) is 7.29. The van der Waals surface area contributed by atoms with Crippen molar-refractivity contribution in [3.05, 3.63) is 69.8 Å². The minimum absolute atomic E-state index is 0.00951. The van der Waals surface area contributed by atoms with Crippen molar-refractivity contribution in [3.63, 3.8) is 0 Å². The number of nitrogens with one attached hydrogen (secondary N) is 1. The molecular formula is C21H23N3O3. The molecule has 27 heavy (non-hydrogen) atoms. The molecule has 0 amide bonds. The summed E-state index contributed by atoms with van der Waals surface area (Å²) in [5.41, 5.74) is 3.95. The highest BCUT2D eigenvalue weighted by Crippen LogP contribution is 2.54. The molecule has 0 saturated heterocycles. The first kappa shape index (κ1) is 17.4. The van der Waals surface area contributed by atoms with Crippen LogP contribution in [0.25, 0.3) is 0 Å². The second kappa shape index (κ2) is 6.61. The third-order valence-electron chi connectivity index (χ3n) is 5.64. The van der Waals surface area contributed by atoms with E-state index in [-0.39, 0.29) is 28.5 Å². The van der Waals surface area contributed by atoms with Crippen molar-refractivity contribution < 1.29 is 9.66 Å². The van der Waals surface area contributed by atoms with Crippen LogP contribution in [0.4, 0.5) is 17.1 Å². The van der Waals surface area contributed by atoms with E-state index in [0.717, 1.165) is 23.4 Å². The Morgan fingerprint density at radius 1 is 1.19 bits per heavy atom. The zero-order valence-corrected chi connectivity index (χ0v) is 15.7. The molecule has 2 aromatic rings. The Bertz CT molecular complexity index is 906.